The zero-order valence-electron chi connectivity index (χ0n) is 16.1. The maximum Gasteiger partial charge on any atom is 0.230 e. The first-order chi connectivity index (χ1) is 13.7. The highest BCUT2D eigenvalue weighted by atomic mass is 16.5. The lowest BCUT2D eigenvalue weighted by molar-refractivity contribution is -0.121. The van der Waals surface area contributed by atoms with Gasteiger partial charge in [-0.05, 0) is 42.2 Å². The second kappa shape index (κ2) is 6.90. The number of carbonyl (C=O) groups is 1. The van der Waals surface area contributed by atoms with Crippen LogP contribution in [0, 0.1) is 5.92 Å². The van der Waals surface area contributed by atoms with Gasteiger partial charge in [0.15, 0.2) is 0 Å². The fourth-order valence-electron chi connectivity index (χ4n) is 4.90. The molecule has 3 atom stereocenters. The lowest BCUT2D eigenvalue weighted by atomic mass is 9.71. The lowest BCUT2D eigenvalue weighted by Gasteiger charge is -2.59. The van der Waals surface area contributed by atoms with Gasteiger partial charge in [-0.2, -0.15) is 0 Å². The normalized spacial score (nSPS) is 26.2. The average Bonchev–Trinajstić information content (AvgIpc) is 3.57. The van der Waals surface area contributed by atoms with Crippen molar-refractivity contribution in [2.45, 2.75) is 37.4 Å². The van der Waals surface area contributed by atoms with Crippen LogP contribution in [0.4, 0.5) is 5.69 Å². The largest absolute Gasteiger partial charge is 0.497 e. The number of aliphatic hydroxyl groups excluding tert-OH is 1. The van der Waals surface area contributed by atoms with Crippen molar-refractivity contribution in [2.24, 2.45) is 5.92 Å². The van der Waals surface area contributed by atoms with E-state index >= 15 is 0 Å². The van der Waals surface area contributed by atoms with Crippen LogP contribution in [0.5, 0.6) is 5.75 Å². The van der Waals surface area contributed by atoms with Crippen LogP contribution in [0.15, 0.2) is 48.5 Å². The number of carbonyl (C=O) groups excluding carboxylic acids is 1. The topological polar surface area (TPSA) is 53.0 Å². The molecule has 2 aliphatic heterocycles. The average molecular weight is 378 g/mol. The number of methoxy groups -OCH3 is 1. The van der Waals surface area contributed by atoms with Crippen molar-refractivity contribution in [2.75, 3.05) is 25.2 Å². The van der Waals surface area contributed by atoms with Crippen molar-refractivity contribution in [1.29, 1.82) is 0 Å². The highest BCUT2D eigenvalue weighted by Gasteiger charge is 2.53. The zero-order chi connectivity index (χ0) is 19.3. The summed E-state index contributed by atoms with van der Waals surface area (Å²) >= 11 is 0. The van der Waals surface area contributed by atoms with E-state index in [-0.39, 0.29) is 36.4 Å². The summed E-state index contributed by atoms with van der Waals surface area (Å²) in [5.74, 6) is 1.59. The maximum absolute atomic E-state index is 12.9. The molecule has 2 aromatic carbocycles. The molecule has 1 amide bonds. The second-order valence-corrected chi connectivity index (χ2v) is 8.15. The summed E-state index contributed by atoms with van der Waals surface area (Å²) in [5, 5.41) is 10.1. The number of hydrogen-bond acceptors (Lipinski definition) is 4. The van der Waals surface area contributed by atoms with Crippen molar-refractivity contribution in [3.63, 3.8) is 0 Å². The molecule has 0 unspecified atom stereocenters. The molecule has 146 valence electrons. The summed E-state index contributed by atoms with van der Waals surface area (Å²) in [6.07, 6.45) is 2.03. The van der Waals surface area contributed by atoms with Crippen LogP contribution in [-0.2, 0) is 11.3 Å². The van der Waals surface area contributed by atoms with E-state index in [0.29, 0.717) is 6.54 Å². The number of fused-ring (bicyclic) bond motifs is 3. The van der Waals surface area contributed by atoms with Crippen molar-refractivity contribution < 1.29 is 14.6 Å². The van der Waals surface area contributed by atoms with E-state index in [0.717, 1.165) is 30.8 Å². The minimum atomic E-state index is 0.0893. The predicted molar refractivity (Wildman–Crippen MR) is 107 cm³/mol. The molecule has 2 fully saturated rings. The summed E-state index contributed by atoms with van der Waals surface area (Å²) in [7, 11) is 1.67. The first-order valence-corrected chi connectivity index (χ1v) is 10.1. The van der Waals surface area contributed by atoms with Gasteiger partial charge in [-0.3, -0.25) is 9.69 Å². The van der Waals surface area contributed by atoms with Crippen molar-refractivity contribution in [3.8, 4) is 5.75 Å². The van der Waals surface area contributed by atoms with Gasteiger partial charge in [0.1, 0.15) is 5.75 Å². The summed E-state index contributed by atoms with van der Waals surface area (Å²) in [5.41, 5.74) is 3.44. The Hall–Kier alpha value is -2.37. The summed E-state index contributed by atoms with van der Waals surface area (Å²) in [6, 6.07) is 16.7. The number of benzene rings is 2. The Labute approximate surface area is 165 Å². The van der Waals surface area contributed by atoms with E-state index in [9.17, 15) is 9.90 Å². The Kier molecular flexibility index (Phi) is 4.37. The van der Waals surface area contributed by atoms with E-state index in [2.05, 4.69) is 29.2 Å². The predicted octanol–water partition coefficient (Wildman–Crippen LogP) is 2.78. The molecule has 1 aliphatic carbocycles. The van der Waals surface area contributed by atoms with Gasteiger partial charge >= 0.3 is 0 Å². The van der Waals surface area contributed by atoms with Gasteiger partial charge in [0, 0.05) is 42.7 Å². The molecule has 2 heterocycles. The van der Waals surface area contributed by atoms with Crippen LogP contribution in [-0.4, -0.2) is 48.3 Å². The Bertz CT molecular complexity index is 878. The van der Waals surface area contributed by atoms with E-state index in [4.69, 9.17) is 4.74 Å². The van der Waals surface area contributed by atoms with Gasteiger partial charge in [-0.15, -0.1) is 0 Å². The highest BCUT2D eigenvalue weighted by Crippen LogP contribution is 2.49. The first-order valence-electron chi connectivity index (χ1n) is 10.1. The number of amides is 1. The third-order valence-corrected chi connectivity index (χ3v) is 6.54. The maximum atomic E-state index is 12.9. The number of hydrogen-bond donors (Lipinski definition) is 1. The third-order valence-electron chi connectivity index (χ3n) is 6.54. The van der Waals surface area contributed by atoms with Crippen molar-refractivity contribution >= 4 is 11.6 Å². The Morgan fingerprint density at radius 3 is 2.57 bits per heavy atom. The van der Waals surface area contributed by atoms with Crippen LogP contribution in [0.3, 0.4) is 0 Å². The standard InChI is InChI=1S/C23H26N2O3/c1-28-17-10-6-15(7-11-17)12-24-20-13-25(23(27)16-8-9-16)19-5-3-2-4-18(19)22(20)21(24)14-26/h2-7,10-11,16,20-22,26H,8-9,12-14H2,1H3/t20-,21+,22+/m1/s1. The number of aliphatic hydroxyl groups is 1. The first kappa shape index (κ1) is 17.7. The highest BCUT2D eigenvalue weighted by molar-refractivity contribution is 5.98. The molecule has 0 bridgehead atoms. The van der Waals surface area contributed by atoms with Crippen LogP contribution in [0.2, 0.25) is 0 Å². The quantitative estimate of drug-likeness (QED) is 0.869. The summed E-state index contributed by atoms with van der Waals surface area (Å²) in [4.78, 5) is 17.3. The fourth-order valence-corrected chi connectivity index (χ4v) is 4.90. The molecule has 3 aliphatic rings. The fraction of sp³-hybridized carbons (Fsp3) is 0.435. The minimum absolute atomic E-state index is 0.0893. The number of rotatable bonds is 5. The van der Waals surface area contributed by atoms with Crippen LogP contribution in [0.25, 0.3) is 0 Å². The number of ether oxygens (including phenoxy) is 1. The zero-order valence-corrected chi connectivity index (χ0v) is 16.1. The molecule has 1 saturated heterocycles. The Morgan fingerprint density at radius 2 is 1.89 bits per heavy atom. The number of likely N-dealkylation sites (tertiary alicyclic amines) is 1. The van der Waals surface area contributed by atoms with Crippen molar-refractivity contribution in [3.05, 3.63) is 59.7 Å². The molecule has 0 aromatic heterocycles. The summed E-state index contributed by atoms with van der Waals surface area (Å²) in [6.45, 7) is 1.61. The second-order valence-electron chi connectivity index (χ2n) is 8.15. The lowest BCUT2D eigenvalue weighted by Crippen LogP contribution is -2.68. The van der Waals surface area contributed by atoms with Gasteiger partial charge in [0.05, 0.1) is 13.7 Å². The molecule has 0 radical (unpaired) electrons. The minimum Gasteiger partial charge on any atom is -0.497 e. The number of para-hydroxylation sites is 1. The molecule has 5 heteroatoms. The molecule has 2 aromatic rings. The van der Waals surface area contributed by atoms with E-state index in [1.807, 2.05) is 29.2 Å². The molecule has 0 spiro atoms. The van der Waals surface area contributed by atoms with Crippen LogP contribution in [0.1, 0.15) is 29.9 Å². The van der Waals surface area contributed by atoms with Gasteiger partial charge in [-0.1, -0.05) is 30.3 Å². The van der Waals surface area contributed by atoms with Gasteiger partial charge < -0.3 is 14.7 Å². The molecule has 5 rings (SSSR count). The monoisotopic (exact) mass is 378 g/mol. The smallest absolute Gasteiger partial charge is 0.230 e. The molecule has 1 saturated carbocycles. The SMILES string of the molecule is COc1ccc(CN2[C@@H]3CN(C(=O)C4CC4)c4ccccc4[C@@H]3[C@@H]2CO)cc1. The van der Waals surface area contributed by atoms with Crippen molar-refractivity contribution in [1.82, 2.24) is 4.90 Å². The van der Waals surface area contributed by atoms with Crippen LogP contribution < -0.4 is 9.64 Å². The van der Waals surface area contributed by atoms with E-state index in [1.54, 1.807) is 7.11 Å². The molecular formula is C23H26N2O3. The Balaban J connectivity index is 1.43. The third kappa shape index (κ3) is 2.81. The van der Waals surface area contributed by atoms with Crippen LogP contribution >= 0.6 is 0 Å². The van der Waals surface area contributed by atoms with E-state index < -0.39 is 0 Å². The molecule has 5 nitrogen and oxygen atoms in total. The van der Waals surface area contributed by atoms with Gasteiger partial charge in [0.2, 0.25) is 5.91 Å². The van der Waals surface area contributed by atoms with E-state index in [1.165, 1.54) is 11.1 Å². The Morgan fingerprint density at radius 1 is 1.14 bits per heavy atom. The summed E-state index contributed by atoms with van der Waals surface area (Å²) < 4.78 is 5.25. The molecule has 28 heavy (non-hydrogen) atoms. The number of anilines is 1. The number of nitrogens with zero attached hydrogens (tertiary/aromatic N) is 2. The molecule has 1 N–H and O–H groups in total. The molecular weight excluding hydrogens is 352 g/mol. The van der Waals surface area contributed by atoms with Gasteiger partial charge in [-0.25, -0.2) is 0 Å². The van der Waals surface area contributed by atoms with Gasteiger partial charge in [0.25, 0.3) is 0 Å².